The molecule has 0 radical (unpaired) electrons. The second-order valence-corrected chi connectivity index (χ2v) is 14.8. The number of anilines is 3. The van der Waals surface area contributed by atoms with Crippen molar-refractivity contribution in [2.45, 2.75) is 0 Å². The summed E-state index contributed by atoms with van der Waals surface area (Å²) in [5, 5.41) is 8.59. The zero-order chi connectivity index (χ0) is 38.9. The van der Waals surface area contributed by atoms with Crippen LogP contribution in [0.4, 0.5) is 17.1 Å². The highest BCUT2D eigenvalue weighted by Crippen LogP contribution is 2.45. The number of benzene rings is 9. The van der Waals surface area contributed by atoms with Crippen LogP contribution in [-0.2, 0) is 0 Å². The van der Waals surface area contributed by atoms with E-state index in [2.05, 4.69) is 144 Å². The van der Waals surface area contributed by atoms with E-state index in [-0.39, 0.29) is 0 Å². The summed E-state index contributed by atoms with van der Waals surface area (Å²) >= 11 is 0. The molecule has 12 rings (SSSR count). The molecule has 276 valence electrons. The van der Waals surface area contributed by atoms with Crippen molar-refractivity contribution in [2.75, 3.05) is 4.90 Å². The van der Waals surface area contributed by atoms with Crippen molar-refractivity contribution in [1.29, 1.82) is 0 Å². The number of nitrogens with zero attached hydrogens (tertiary/aromatic N) is 4. The molecule has 9 aromatic carbocycles. The molecule has 0 spiro atoms. The van der Waals surface area contributed by atoms with Gasteiger partial charge in [-0.3, -0.25) is 0 Å². The van der Waals surface area contributed by atoms with Gasteiger partial charge in [-0.2, -0.15) is 0 Å². The van der Waals surface area contributed by atoms with Crippen molar-refractivity contribution >= 4 is 82.5 Å². The first-order chi connectivity index (χ1) is 29.2. The second-order valence-electron chi connectivity index (χ2n) is 14.8. The summed E-state index contributed by atoms with van der Waals surface area (Å²) in [4.78, 5) is 17.7. The van der Waals surface area contributed by atoms with Crippen molar-refractivity contribution in [3.8, 4) is 34.2 Å². The number of furan rings is 2. The topological polar surface area (TPSA) is 68.2 Å². The number of hydrogen-bond acceptors (Lipinski definition) is 6. The van der Waals surface area contributed by atoms with Gasteiger partial charge in [0.2, 0.25) is 0 Å². The lowest BCUT2D eigenvalue weighted by atomic mass is 10.0. The Labute approximate surface area is 338 Å². The zero-order valence-corrected chi connectivity index (χ0v) is 31.6. The highest BCUT2D eigenvalue weighted by atomic mass is 16.3. The number of hydrogen-bond donors (Lipinski definition) is 0. The minimum Gasteiger partial charge on any atom is -0.456 e. The summed E-state index contributed by atoms with van der Waals surface area (Å²) in [7, 11) is 0. The molecule has 0 unspecified atom stereocenters. The molecule has 6 nitrogen and oxygen atoms in total. The zero-order valence-electron chi connectivity index (χ0n) is 31.6. The summed E-state index contributed by atoms with van der Waals surface area (Å²) in [5.74, 6) is 1.80. The molecule has 0 amide bonds. The fraction of sp³-hybridized carbons (Fsp3) is 0. The van der Waals surface area contributed by atoms with Gasteiger partial charge in [0.1, 0.15) is 16.7 Å². The predicted octanol–water partition coefficient (Wildman–Crippen LogP) is 14.4. The third kappa shape index (κ3) is 5.46. The fourth-order valence-corrected chi connectivity index (χ4v) is 8.54. The van der Waals surface area contributed by atoms with Gasteiger partial charge in [-0.15, -0.1) is 0 Å². The average Bonchev–Trinajstić information content (AvgIpc) is 3.88. The van der Waals surface area contributed by atoms with Gasteiger partial charge in [0, 0.05) is 50.0 Å². The first-order valence-corrected chi connectivity index (χ1v) is 19.7. The Bertz CT molecular complexity index is 3580. The molecule has 0 fully saturated rings. The maximum absolute atomic E-state index is 6.75. The van der Waals surface area contributed by atoms with Crippen LogP contribution in [0, 0.1) is 0 Å². The van der Waals surface area contributed by atoms with Crippen molar-refractivity contribution in [2.24, 2.45) is 0 Å². The first kappa shape index (κ1) is 33.1. The highest BCUT2D eigenvalue weighted by Gasteiger charge is 2.23. The highest BCUT2D eigenvalue weighted by molar-refractivity contribution is 6.14. The summed E-state index contributed by atoms with van der Waals surface area (Å²) in [6.07, 6.45) is 0. The lowest BCUT2D eigenvalue weighted by Crippen LogP contribution is -2.10. The first-order valence-electron chi connectivity index (χ1n) is 19.7. The second kappa shape index (κ2) is 13.3. The van der Waals surface area contributed by atoms with E-state index in [4.69, 9.17) is 23.8 Å². The Hall–Kier alpha value is -8.09. The van der Waals surface area contributed by atoms with E-state index in [0.29, 0.717) is 17.5 Å². The minimum absolute atomic E-state index is 0.577. The van der Waals surface area contributed by atoms with Gasteiger partial charge in [0.05, 0.1) is 11.4 Å². The van der Waals surface area contributed by atoms with Gasteiger partial charge in [0.25, 0.3) is 0 Å². The molecule has 3 aromatic heterocycles. The molecule has 0 aliphatic rings. The molecule has 12 aromatic rings. The fourth-order valence-electron chi connectivity index (χ4n) is 8.54. The molecule has 0 bridgehead atoms. The maximum Gasteiger partial charge on any atom is 0.164 e. The van der Waals surface area contributed by atoms with Crippen LogP contribution in [0.5, 0.6) is 0 Å². The van der Waals surface area contributed by atoms with E-state index >= 15 is 0 Å². The molecule has 0 saturated carbocycles. The van der Waals surface area contributed by atoms with Gasteiger partial charge in [-0.1, -0.05) is 146 Å². The van der Waals surface area contributed by atoms with Crippen molar-refractivity contribution in [1.82, 2.24) is 15.0 Å². The molecular formula is C53H32N4O2. The molecular weight excluding hydrogens is 725 g/mol. The van der Waals surface area contributed by atoms with E-state index in [0.717, 1.165) is 93.8 Å². The van der Waals surface area contributed by atoms with Gasteiger partial charge >= 0.3 is 0 Å². The SMILES string of the molecule is c1ccc(-c2nc(-c3cccc4ccccc34)nc(-c3cccc4oc5cc(N(c6ccc7ccccc7c6)c6cccc7c6oc6ccccc67)ccc5c34)n2)cc1. The molecule has 0 aliphatic heterocycles. The Morgan fingerprint density at radius 3 is 1.88 bits per heavy atom. The minimum atomic E-state index is 0.577. The summed E-state index contributed by atoms with van der Waals surface area (Å²) in [6, 6.07) is 66.8. The average molecular weight is 757 g/mol. The van der Waals surface area contributed by atoms with Crippen LogP contribution in [0.15, 0.2) is 203 Å². The van der Waals surface area contributed by atoms with Gasteiger partial charge in [-0.05, 0) is 64.0 Å². The van der Waals surface area contributed by atoms with E-state index in [1.54, 1.807) is 0 Å². The molecule has 0 saturated heterocycles. The van der Waals surface area contributed by atoms with Crippen LogP contribution >= 0.6 is 0 Å². The van der Waals surface area contributed by atoms with Crippen LogP contribution in [0.3, 0.4) is 0 Å². The molecule has 59 heavy (non-hydrogen) atoms. The van der Waals surface area contributed by atoms with E-state index in [9.17, 15) is 0 Å². The van der Waals surface area contributed by atoms with E-state index in [1.165, 1.54) is 5.39 Å². The maximum atomic E-state index is 6.75. The third-order valence-corrected chi connectivity index (χ3v) is 11.3. The Morgan fingerprint density at radius 1 is 0.356 bits per heavy atom. The molecule has 6 heteroatoms. The van der Waals surface area contributed by atoms with Crippen LogP contribution in [0.2, 0.25) is 0 Å². The van der Waals surface area contributed by atoms with Gasteiger partial charge < -0.3 is 13.7 Å². The third-order valence-electron chi connectivity index (χ3n) is 11.3. The monoisotopic (exact) mass is 756 g/mol. The van der Waals surface area contributed by atoms with Crippen LogP contribution in [-0.4, -0.2) is 15.0 Å². The van der Waals surface area contributed by atoms with E-state index in [1.807, 2.05) is 54.6 Å². The summed E-state index contributed by atoms with van der Waals surface area (Å²) in [6.45, 7) is 0. The number of para-hydroxylation sites is 2. The van der Waals surface area contributed by atoms with Gasteiger partial charge in [-0.25, -0.2) is 15.0 Å². The Balaban J connectivity index is 1.06. The van der Waals surface area contributed by atoms with Gasteiger partial charge in [0.15, 0.2) is 23.1 Å². The van der Waals surface area contributed by atoms with Crippen molar-refractivity contribution in [3.63, 3.8) is 0 Å². The lowest BCUT2D eigenvalue weighted by Gasteiger charge is -2.26. The smallest absolute Gasteiger partial charge is 0.164 e. The normalized spacial score (nSPS) is 11.7. The Kier molecular flexibility index (Phi) is 7.43. The number of aromatic nitrogens is 3. The quantitative estimate of drug-likeness (QED) is 0.168. The molecule has 0 aliphatic carbocycles. The Morgan fingerprint density at radius 2 is 0.983 bits per heavy atom. The molecule has 3 heterocycles. The predicted molar refractivity (Wildman–Crippen MR) is 240 cm³/mol. The van der Waals surface area contributed by atoms with Crippen LogP contribution in [0.1, 0.15) is 0 Å². The van der Waals surface area contributed by atoms with Crippen molar-refractivity contribution in [3.05, 3.63) is 194 Å². The molecule has 0 atom stereocenters. The summed E-state index contributed by atoms with van der Waals surface area (Å²) in [5.41, 5.74) is 8.78. The van der Waals surface area contributed by atoms with Crippen molar-refractivity contribution < 1.29 is 8.83 Å². The molecule has 0 N–H and O–H groups in total. The summed E-state index contributed by atoms with van der Waals surface area (Å²) < 4.78 is 13.4. The van der Waals surface area contributed by atoms with Crippen LogP contribution in [0.25, 0.3) is 99.6 Å². The lowest BCUT2D eigenvalue weighted by molar-refractivity contribution is 0.667. The number of rotatable bonds is 6. The van der Waals surface area contributed by atoms with Crippen LogP contribution < -0.4 is 4.90 Å². The van der Waals surface area contributed by atoms with E-state index < -0.39 is 0 Å². The number of fused-ring (bicyclic) bond motifs is 8. The standard InChI is InChI=1S/C53H32N4O2/c1-2-15-35(16-3-1)51-54-52(42-22-10-18-34-14-6-7-19-39(34)42)56-53(55-51)44-23-12-26-47-49(44)43-30-29-38(32-48(43)58-47)57(37-28-27-33-13-4-5-17-36(33)31-37)45-24-11-21-41-40-20-8-9-25-46(40)59-50(41)45/h1-32H. The largest absolute Gasteiger partial charge is 0.456 e.